The summed E-state index contributed by atoms with van der Waals surface area (Å²) in [4.78, 5) is 31.2. The number of hydrogen-bond donors (Lipinski definition) is 3. The summed E-state index contributed by atoms with van der Waals surface area (Å²) >= 11 is 0. The second kappa shape index (κ2) is 6.28. The first-order valence-corrected chi connectivity index (χ1v) is 5.10. The quantitative estimate of drug-likeness (QED) is 0.551. The van der Waals surface area contributed by atoms with Gasteiger partial charge in [-0.05, 0) is 6.07 Å². The number of carbonyl (C=O) groups excluding carboxylic acids is 1. The van der Waals surface area contributed by atoms with Gasteiger partial charge in [-0.25, -0.2) is 9.18 Å². The molecule has 1 rings (SSSR count). The third-order valence-corrected chi connectivity index (χ3v) is 1.98. The number of hydrogen-bond acceptors (Lipinski definition) is 4. The highest BCUT2D eigenvalue weighted by Crippen LogP contribution is 2.19. The summed E-state index contributed by atoms with van der Waals surface area (Å²) in [5.74, 6) is -1.95. The molecule has 0 atom stereocenters. The van der Waals surface area contributed by atoms with Crippen LogP contribution in [0.2, 0.25) is 0 Å². The van der Waals surface area contributed by atoms with E-state index in [1.807, 2.05) is 0 Å². The molecule has 3 N–H and O–H groups in total. The molecule has 0 spiro atoms. The van der Waals surface area contributed by atoms with Crippen LogP contribution in [0.15, 0.2) is 18.2 Å². The fourth-order valence-corrected chi connectivity index (χ4v) is 1.21. The topological polar surface area (TPSA) is 122 Å². The van der Waals surface area contributed by atoms with Gasteiger partial charge in [0.05, 0.1) is 23.1 Å². The van der Waals surface area contributed by atoms with Crippen LogP contribution in [0.25, 0.3) is 0 Å². The SMILES string of the molecule is O=C(O)CCNC(=O)Nc1cc(F)cc([N+](=O)[O-])c1. The number of carboxylic acids is 1. The van der Waals surface area contributed by atoms with E-state index in [1.165, 1.54) is 0 Å². The normalized spacial score (nSPS) is 9.74. The van der Waals surface area contributed by atoms with Gasteiger partial charge in [0.1, 0.15) is 5.82 Å². The Balaban J connectivity index is 2.63. The monoisotopic (exact) mass is 271 g/mol. The highest BCUT2D eigenvalue weighted by atomic mass is 19.1. The van der Waals surface area contributed by atoms with Crippen LogP contribution in [0, 0.1) is 15.9 Å². The van der Waals surface area contributed by atoms with Crippen molar-refractivity contribution in [2.45, 2.75) is 6.42 Å². The lowest BCUT2D eigenvalue weighted by Crippen LogP contribution is -2.30. The summed E-state index contributed by atoms with van der Waals surface area (Å²) < 4.78 is 13.0. The Kier molecular flexibility index (Phi) is 4.75. The fourth-order valence-electron chi connectivity index (χ4n) is 1.21. The minimum atomic E-state index is -1.08. The number of carboxylic acid groups (broad SMARTS) is 1. The van der Waals surface area contributed by atoms with Crippen LogP contribution in [-0.4, -0.2) is 28.6 Å². The van der Waals surface area contributed by atoms with E-state index in [2.05, 4.69) is 10.6 Å². The van der Waals surface area contributed by atoms with Crippen LogP contribution in [0.3, 0.4) is 0 Å². The van der Waals surface area contributed by atoms with Crippen LogP contribution in [0.5, 0.6) is 0 Å². The number of benzene rings is 1. The molecule has 0 aliphatic heterocycles. The smallest absolute Gasteiger partial charge is 0.319 e. The molecule has 0 unspecified atom stereocenters. The molecule has 0 aliphatic rings. The maximum absolute atomic E-state index is 13.0. The Morgan fingerprint density at radius 1 is 1.37 bits per heavy atom. The van der Waals surface area contributed by atoms with Gasteiger partial charge in [-0.1, -0.05) is 0 Å². The summed E-state index contributed by atoms with van der Waals surface area (Å²) in [5.41, 5.74) is -0.597. The van der Waals surface area contributed by atoms with Crippen molar-refractivity contribution in [3.8, 4) is 0 Å². The van der Waals surface area contributed by atoms with Crippen molar-refractivity contribution in [1.29, 1.82) is 0 Å². The number of amides is 2. The molecule has 19 heavy (non-hydrogen) atoms. The van der Waals surface area contributed by atoms with E-state index >= 15 is 0 Å². The molecule has 0 aromatic heterocycles. The molecule has 0 radical (unpaired) electrons. The molecule has 0 bridgehead atoms. The van der Waals surface area contributed by atoms with Crippen LogP contribution >= 0.6 is 0 Å². The fraction of sp³-hybridized carbons (Fsp3) is 0.200. The summed E-state index contributed by atoms with van der Waals surface area (Å²) in [6.07, 6.45) is -0.267. The number of carbonyl (C=O) groups is 2. The lowest BCUT2D eigenvalue weighted by atomic mass is 10.2. The minimum Gasteiger partial charge on any atom is -0.481 e. The number of nitro groups is 1. The molecule has 1 aromatic rings. The average molecular weight is 271 g/mol. The Morgan fingerprint density at radius 3 is 2.63 bits per heavy atom. The number of aliphatic carboxylic acids is 1. The third kappa shape index (κ3) is 4.98. The first-order chi connectivity index (χ1) is 8.88. The second-order valence-electron chi connectivity index (χ2n) is 3.48. The van der Waals surface area contributed by atoms with Crippen LogP contribution in [0.1, 0.15) is 6.42 Å². The summed E-state index contributed by atoms with van der Waals surface area (Å²) in [7, 11) is 0. The van der Waals surface area contributed by atoms with Gasteiger partial charge in [0.2, 0.25) is 0 Å². The van der Waals surface area contributed by atoms with Crippen molar-refractivity contribution in [3.05, 3.63) is 34.1 Å². The molecule has 0 fully saturated rings. The Bertz CT molecular complexity index is 520. The van der Waals surface area contributed by atoms with Gasteiger partial charge >= 0.3 is 12.0 Å². The van der Waals surface area contributed by atoms with Crippen molar-refractivity contribution in [1.82, 2.24) is 5.32 Å². The predicted molar refractivity (Wildman–Crippen MR) is 62.3 cm³/mol. The van der Waals surface area contributed by atoms with Gasteiger partial charge in [-0.15, -0.1) is 0 Å². The Labute approximate surface area is 106 Å². The van der Waals surface area contributed by atoms with E-state index in [4.69, 9.17) is 5.11 Å². The first-order valence-electron chi connectivity index (χ1n) is 5.10. The Morgan fingerprint density at radius 2 is 2.05 bits per heavy atom. The molecule has 9 heteroatoms. The average Bonchev–Trinajstić information content (AvgIpc) is 2.27. The van der Waals surface area contributed by atoms with Gasteiger partial charge in [-0.3, -0.25) is 14.9 Å². The van der Waals surface area contributed by atoms with E-state index in [-0.39, 0.29) is 18.7 Å². The van der Waals surface area contributed by atoms with Gasteiger partial charge in [0.15, 0.2) is 0 Å². The summed E-state index contributed by atoms with van der Waals surface area (Å²) in [6, 6.07) is 1.83. The number of halogens is 1. The zero-order valence-electron chi connectivity index (χ0n) is 9.55. The lowest BCUT2D eigenvalue weighted by Gasteiger charge is -2.06. The van der Waals surface area contributed by atoms with Crippen molar-refractivity contribution in [2.75, 3.05) is 11.9 Å². The number of non-ortho nitro benzene ring substituents is 1. The molecule has 0 heterocycles. The molecule has 0 saturated carbocycles. The van der Waals surface area contributed by atoms with E-state index < -0.39 is 28.4 Å². The largest absolute Gasteiger partial charge is 0.481 e. The van der Waals surface area contributed by atoms with Gasteiger partial charge in [-0.2, -0.15) is 0 Å². The maximum atomic E-state index is 13.0. The van der Waals surface area contributed by atoms with Crippen LogP contribution < -0.4 is 10.6 Å². The number of urea groups is 1. The van der Waals surface area contributed by atoms with E-state index in [0.29, 0.717) is 6.07 Å². The van der Waals surface area contributed by atoms with Gasteiger partial charge in [0, 0.05) is 12.6 Å². The molecule has 0 saturated heterocycles. The molecule has 102 valence electrons. The summed E-state index contributed by atoms with van der Waals surface area (Å²) in [6.45, 7) is -0.113. The van der Waals surface area contributed by atoms with Gasteiger partial charge < -0.3 is 15.7 Å². The summed E-state index contributed by atoms with van der Waals surface area (Å²) in [5, 5.41) is 23.2. The number of nitro benzene ring substituents is 1. The molecule has 0 aliphatic carbocycles. The highest BCUT2D eigenvalue weighted by Gasteiger charge is 2.11. The van der Waals surface area contributed by atoms with Crippen LogP contribution in [-0.2, 0) is 4.79 Å². The lowest BCUT2D eigenvalue weighted by molar-refractivity contribution is -0.385. The van der Waals surface area contributed by atoms with Crippen molar-refractivity contribution < 1.29 is 24.0 Å². The van der Waals surface area contributed by atoms with Gasteiger partial charge in [0.25, 0.3) is 5.69 Å². The van der Waals surface area contributed by atoms with Crippen molar-refractivity contribution >= 4 is 23.4 Å². The standard InChI is InChI=1S/C10H10FN3O5/c11-6-3-7(5-8(4-6)14(18)19)13-10(17)12-2-1-9(15)16/h3-5H,1-2H2,(H,15,16)(H2,12,13,17). The van der Waals surface area contributed by atoms with E-state index in [9.17, 15) is 24.1 Å². The molecule has 2 amide bonds. The Hall–Kier alpha value is -2.71. The minimum absolute atomic E-state index is 0.0977. The predicted octanol–water partition coefficient (Wildman–Crippen LogP) is 1.33. The number of anilines is 1. The highest BCUT2D eigenvalue weighted by molar-refractivity contribution is 5.89. The third-order valence-electron chi connectivity index (χ3n) is 1.98. The zero-order chi connectivity index (χ0) is 14.4. The van der Waals surface area contributed by atoms with Crippen molar-refractivity contribution in [2.24, 2.45) is 0 Å². The second-order valence-corrected chi connectivity index (χ2v) is 3.48. The van der Waals surface area contributed by atoms with Crippen molar-refractivity contribution in [3.63, 3.8) is 0 Å². The molecule has 1 aromatic carbocycles. The zero-order valence-corrected chi connectivity index (χ0v) is 9.55. The molecular formula is C10H10FN3O5. The maximum Gasteiger partial charge on any atom is 0.319 e. The molecule has 8 nitrogen and oxygen atoms in total. The number of nitrogens with zero attached hydrogens (tertiary/aromatic N) is 1. The van der Waals surface area contributed by atoms with E-state index in [1.54, 1.807) is 0 Å². The van der Waals surface area contributed by atoms with E-state index in [0.717, 1.165) is 12.1 Å². The number of nitrogens with one attached hydrogen (secondary N) is 2. The molecular weight excluding hydrogens is 261 g/mol. The first kappa shape index (κ1) is 14.4. The number of rotatable bonds is 5. The van der Waals surface area contributed by atoms with Crippen LogP contribution in [0.4, 0.5) is 20.6 Å².